The number of amides is 1. The van der Waals surface area contributed by atoms with Crippen LogP contribution in [0, 0.1) is 0 Å². The quantitative estimate of drug-likeness (QED) is 0.211. The maximum absolute atomic E-state index is 12.8. The third kappa shape index (κ3) is 4.60. The van der Waals surface area contributed by atoms with E-state index in [0.29, 0.717) is 15.7 Å². The molecule has 0 aliphatic heterocycles. The van der Waals surface area contributed by atoms with Crippen molar-refractivity contribution < 1.29 is 14.3 Å². The summed E-state index contributed by atoms with van der Waals surface area (Å²) in [7, 11) is 3.22. The van der Waals surface area contributed by atoms with Gasteiger partial charge >= 0.3 is 5.97 Å². The van der Waals surface area contributed by atoms with Crippen LogP contribution in [0.2, 0.25) is 0 Å². The molecule has 0 aliphatic carbocycles. The summed E-state index contributed by atoms with van der Waals surface area (Å²) < 4.78 is 8.06. The van der Waals surface area contributed by atoms with Crippen molar-refractivity contribution in [2.75, 3.05) is 18.2 Å². The van der Waals surface area contributed by atoms with Crippen molar-refractivity contribution in [2.24, 2.45) is 7.05 Å². The Kier molecular flexibility index (Phi) is 6.67. The molecule has 1 N–H and O–H groups in total. The molecule has 35 heavy (non-hydrogen) atoms. The Bertz CT molecular complexity index is 1520. The van der Waals surface area contributed by atoms with E-state index in [-0.39, 0.29) is 11.7 Å². The standard InChI is InChI=1S/C25H20N4O3S3/c1-29-22(18-13-33-19-11-7-6-10-16(18)19)27-28-25(29)35-14-20(30)26-23-21(24(31)32-2)17(12-34-23)15-8-4-3-5-9-15/h3-13H,14H2,1-2H3,(H,26,30). The number of hydrogen-bond acceptors (Lipinski definition) is 8. The number of nitrogens with zero attached hydrogens (tertiary/aromatic N) is 3. The first kappa shape index (κ1) is 23.3. The van der Waals surface area contributed by atoms with Gasteiger partial charge < -0.3 is 14.6 Å². The van der Waals surface area contributed by atoms with Crippen molar-refractivity contribution in [1.82, 2.24) is 14.8 Å². The molecule has 0 aliphatic rings. The normalized spacial score (nSPS) is 11.0. The number of rotatable bonds is 7. The second-order valence-corrected chi connectivity index (χ2v) is 10.3. The van der Waals surface area contributed by atoms with Gasteiger partial charge in [-0.3, -0.25) is 4.79 Å². The van der Waals surface area contributed by atoms with E-state index < -0.39 is 5.97 Å². The van der Waals surface area contributed by atoms with Crippen LogP contribution in [0.3, 0.4) is 0 Å². The van der Waals surface area contributed by atoms with Gasteiger partial charge in [0, 0.05) is 39.0 Å². The van der Waals surface area contributed by atoms with Crippen LogP contribution in [-0.4, -0.2) is 39.5 Å². The molecule has 1 amide bonds. The summed E-state index contributed by atoms with van der Waals surface area (Å²) in [6, 6.07) is 17.7. The molecule has 5 rings (SSSR count). The highest BCUT2D eigenvalue weighted by Gasteiger charge is 2.23. The van der Waals surface area contributed by atoms with Gasteiger partial charge in [0.2, 0.25) is 5.91 Å². The van der Waals surface area contributed by atoms with E-state index in [1.807, 2.05) is 59.5 Å². The van der Waals surface area contributed by atoms with Gasteiger partial charge in [-0.05, 0) is 11.6 Å². The minimum atomic E-state index is -0.492. The minimum absolute atomic E-state index is 0.121. The Morgan fingerprint density at radius 2 is 1.74 bits per heavy atom. The van der Waals surface area contributed by atoms with Gasteiger partial charge in [-0.25, -0.2) is 4.79 Å². The number of carbonyl (C=O) groups excluding carboxylic acids is 2. The van der Waals surface area contributed by atoms with E-state index in [0.717, 1.165) is 27.9 Å². The fourth-order valence-electron chi connectivity index (χ4n) is 3.70. The van der Waals surface area contributed by atoms with E-state index in [1.165, 1.54) is 34.9 Å². The molecule has 3 aromatic heterocycles. The van der Waals surface area contributed by atoms with Crippen molar-refractivity contribution >= 4 is 61.4 Å². The van der Waals surface area contributed by atoms with Gasteiger partial charge in [0.05, 0.1) is 12.9 Å². The van der Waals surface area contributed by atoms with Crippen molar-refractivity contribution in [3.63, 3.8) is 0 Å². The molecule has 0 unspecified atom stereocenters. The Hall–Kier alpha value is -3.47. The number of thioether (sulfide) groups is 1. The van der Waals surface area contributed by atoms with Gasteiger partial charge in [0.1, 0.15) is 10.6 Å². The summed E-state index contributed by atoms with van der Waals surface area (Å²) in [5, 5.41) is 17.7. The predicted octanol–water partition coefficient (Wildman–Crippen LogP) is 5.94. The number of ether oxygens (including phenoxy) is 1. The first-order valence-corrected chi connectivity index (χ1v) is 13.3. The minimum Gasteiger partial charge on any atom is -0.465 e. The first-order valence-electron chi connectivity index (χ1n) is 10.6. The third-order valence-corrected chi connectivity index (χ3v) is 8.29. The van der Waals surface area contributed by atoms with E-state index >= 15 is 0 Å². The predicted molar refractivity (Wildman–Crippen MR) is 142 cm³/mol. The fraction of sp³-hybridized carbons (Fsp3) is 0.120. The highest BCUT2D eigenvalue weighted by molar-refractivity contribution is 7.99. The SMILES string of the molecule is COC(=O)c1c(-c2ccccc2)csc1NC(=O)CSc1nnc(-c2csc3ccccc23)n1C. The summed E-state index contributed by atoms with van der Waals surface area (Å²) in [5.74, 6) is 0.139. The van der Waals surface area contributed by atoms with Crippen LogP contribution >= 0.6 is 34.4 Å². The lowest BCUT2D eigenvalue weighted by Crippen LogP contribution is -2.16. The summed E-state index contributed by atoms with van der Waals surface area (Å²) >= 11 is 4.25. The number of fused-ring (bicyclic) bond motifs is 1. The molecule has 0 bridgehead atoms. The van der Waals surface area contributed by atoms with Gasteiger partial charge in [-0.1, -0.05) is 60.3 Å². The van der Waals surface area contributed by atoms with Crippen LogP contribution in [0.1, 0.15) is 10.4 Å². The highest BCUT2D eigenvalue weighted by Crippen LogP contribution is 2.37. The monoisotopic (exact) mass is 520 g/mol. The Balaban J connectivity index is 1.32. The molecule has 0 radical (unpaired) electrons. The molecule has 0 atom stereocenters. The van der Waals surface area contributed by atoms with E-state index in [4.69, 9.17) is 4.74 Å². The largest absolute Gasteiger partial charge is 0.465 e. The molecule has 2 aromatic carbocycles. The van der Waals surface area contributed by atoms with Crippen LogP contribution in [0.15, 0.2) is 70.5 Å². The lowest BCUT2D eigenvalue weighted by atomic mass is 10.0. The number of methoxy groups -OCH3 is 1. The lowest BCUT2D eigenvalue weighted by molar-refractivity contribution is -0.113. The van der Waals surface area contributed by atoms with Crippen molar-refractivity contribution in [3.8, 4) is 22.5 Å². The molecule has 176 valence electrons. The summed E-state index contributed by atoms with van der Waals surface area (Å²) in [6.45, 7) is 0. The molecule has 7 nitrogen and oxygen atoms in total. The van der Waals surface area contributed by atoms with Crippen molar-refractivity contribution in [3.05, 3.63) is 70.9 Å². The maximum Gasteiger partial charge on any atom is 0.341 e. The molecule has 0 fully saturated rings. The Morgan fingerprint density at radius 1 is 1.00 bits per heavy atom. The van der Waals surface area contributed by atoms with Crippen LogP contribution < -0.4 is 5.32 Å². The zero-order chi connectivity index (χ0) is 24.4. The highest BCUT2D eigenvalue weighted by atomic mass is 32.2. The number of aromatic nitrogens is 3. The van der Waals surface area contributed by atoms with Gasteiger partial charge in [-0.15, -0.1) is 32.9 Å². The molecule has 10 heteroatoms. The zero-order valence-electron chi connectivity index (χ0n) is 18.8. The van der Waals surface area contributed by atoms with E-state index in [9.17, 15) is 9.59 Å². The Labute approximate surface area is 213 Å². The number of carbonyl (C=O) groups is 2. The van der Waals surface area contributed by atoms with E-state index in [1.54, 1.807) is 11.3 Å². The second-order valence-electron chi connectivity index (χ2n) is 7.56. The Morgan fingerprint density at radius 3 is 2.54 bits per heavy atom. The number of nitrogens with one attached hydrogen (secondary N) is 1. The van der Waals surface area contributed by atoms with Crippen LogP contribution in [-0.2, 0) is 16.6 Å². The van der Waals surface area contributed by atoms with Gasteiger partial charge in [0.15, 0.2) is 11.0 Å². The van der Waals surface area contributed by atoms with Crippen LogP contribution in [0.25, 0.3) is 32.6 Å². The van der Waals surface area contributed by atoms with E-state index in [2.05, 4.69) is 33.0 Å². The number of hydrogen-bond donors (Lipinski definition) is 1. The number of esters is 1. The van der Waals surface area contributed by atoms with Crippen LogP contribution in [0.4, 0.5) is 5.00 Å². The average Bonchev–Trinajstić information content (AvgIpc) is 3.59. The lowest BCUT2D eigenvalue weighted by Gasteiger charge is -2.08. The summed E-state index contributed by atoms with van der Waals surface area (Å²) in [5.41, 5.74) is 2.98. The summed E-state index contributed by atoms with van der Waals surface area (Å²) in [4.78, 5) is 25.3. The molecule has 0 saturated carbocycles. The molecule has 0 spiro atoms. The third-order valence-electron chi connectivity index (χ3n) is 5.41. The van der Waals surface area contributed by atoms with Crippen molar-refractivity contribution in [2.45, 2.75) is 5.16 Å². The molecule has 3 heterocycles. The average molecular weight is 521 g/mol. The van der Waals surface area contributed by atoms with Gasteiger partial charge in [0.25, 0.3) is 0 Å². The molecular formula is C25H20N4O3S3. The molecule has 5 aromatic rings. The number of thiophene rings is 2. The number of anilines is 1. The van der Waals surface area contributed by atoms with Crippen molar-refractivity contribution in [1.29, 1.82) is 0 Å². The fourth-order valence-corrected chi connectivity index (χ4v) is 6.33. The summed E-state index contributed by atoms with van der Waals surface area (Å²) in [6.07, 6.45) is 0. The van der Waals surface area contributed by atoms with Crippen LogP contribution in [0.5, 0.6) is 0 Å². The second kappa shape index (κ2) is 10.0. The smallest absolute Gasteiger partial charge is 0.341 e. The zero-order valence-corrected chi connectivity index (χ0v) is 21.3. The molecule has 0 saturated heterocycles. The topological polar surface area (TPSA) is 86.1 Å². The first-order chi connectivity index (χ1) is 17.1. The van der Waals surface area contributed by atoms with Gasteiger partial charge in [-0.2, -0.15) is 0 Å². The number of benzene rings is 2. The maximum atomic E-state index is 12.8. The molecular weight excluding hydrogens is 501 g/mol.